The molecule has 0 unspecified atom stereocenters. The lowest BCUT2D eigenvalue weighted by Gasteiger charge is -2.26. The van der Waals surface area contributed by atoms with Gasteiger partial charge in [-0.05, 0) is 13.0 Å². The molecular weight excluding hydrogens is 274 g/mol. The number of guanidine groups is 1. The summed E-state index contributed by atoms with van der Waals surface area (Å²) in [5.74, 6) is 0.143. The molecule has 1 heterocycles. The molecule has 8 heteroatoms. The Kier molecular flexibility index (Phi) is 9.51. The Hall–Kier alpha value is -1.38. The lowest BCUT2D eigenvalue weighted by molar-refractivity contribution is -0.119. The SMILES string of the molecule is COCCNC(=O)CN=C(N)NCCCN1CCOCC1. The average molecular weight is 301 g/mol. The van der Waals surface area contributed by atoms with Crippen molar-refractivity contribution in [2.45, 2.75) is 6.42 Å². The number of nitrogens with one attached hydrogen (secondary N) is 2. The van der Waals surface area contributed by atoms with Crippen molar-refractivity contribution >= 4 is 11.9 Å². The number of nitrogens with two attached hydrogens (primary N) is 1. The van der Waals surface area contributed by atoms with Crippen LogP contribution in [-0.2, 0) is 14.3 Å². The van der Waals surface area contributed by atoms with Crippen molar-refractivity contribution in [3.05, 3.63) is 0 Å². The first-order valence-electron chi connectivity index (χ1n) is 7.32. The highest BCUT2D eigenvalue weighted by Crippen LogP contribution is 1.97. The molecule has 4 N–H and O–H groups in total. The summed E-state index contributed by atoms with van der Waals surface area (Å²) in [6, 6.07) is 0. The van der Waals surface area contributed by atoms with Gasteiger partial charge in [0, 0.05) is 33.3 Å². The highest BCUT2D eigenvalue weighted by molar-refractivity contribution is 5.83. The summed E-state index contributed by atoms with van der Waals surface area (Å²) >= 11 is 0. The number of carbonyl (C=O) groups excluding carboxylic acids is 1. The fraction of sp³-hybridized carbons (Fsp3) is 0.846. The molecule has 0 aliphatic carbocycles. The van der Waals surface area contributed by atoms with E-state index in [0.717, 1.165) is 45.8 Å². The Morgan fingerprint density at radius 2 is 2.10 bits per heavy atom. The number of nitrogens with zero attached hydrogens (tertiary/aromatic N) is 2. The molecule has 1 aliphatic heterocycles. The third-order valence-electron chi connectivity index (χ3n) is 3.08. The fourth-order valence-corrected chi connectivity index (χ4v) is 1.91. The fourth-order valence-electron chi connectivity index (χ4n) is 1.91. The third kappa shape index (κ3) is 9.22. The average Bonchev–Trinajstić information content (AvgIpc) is 2.51. The zero-order chi connectivity index (χ0) is 15.3. The van der Waals surface area contributed by atoms with Crippen LogP contribution in [0.2, 0.25) is 0 Å². The molecule has 1 aliphatic rings. The largest absolute Gasteiger partial charge is 0.383 e. The molecule has 21 heavy (non-hydrogen) atoms. The zero-order valence-corrected chi connectivity index (χ0v) is 12.8. The van der Waals surface area contributed by atoms with E-state index in [2.05, 4.69) is 20.5 Å². The highest BCUT2D eigenvalue weighted by Gasteiger charge is 2.09. The van der Waals surface area contributed by atoms with E-state index in [1.54, 1.807) is 7.11 Å². The minimum atomic E-state index is -0.162. The van der Waals surface area contributed by atoms with E-state index in [9.17, 15) is 4.79 Å². The molecule has 0 radical (unpaired) electrons. The maximum Gasteiger partial charge on any atom is 0.241 e. The van der Waals surface area contributed by atoms with Crippen LogP contribution in [0, 0.1) is 0 Å². The molecule has 0 spiro atoms. The summed E-state index contributed by atoms with van der Waals surface area (Å²) in [5.41, 5.74) is 5.70. The van der Waals surface area contributed by atoms with E-state index in [1.807, 2.05) is 0 Å². The minimum Gasteiger partial charge on any atom is -0.383 e. The Balaban J connectivity index is 2.02. The number of hydrogen-bond donors (Lipinski definition) is 3. The van der Waals surface area contributed by atoms with Crippen LogP contribution in [0.15, 0.2) is 4.99 Å². The van der Waals surface area contributed by atoms with Gasteiger partial charge in [-0.25, -0.2) is 4.99 Å². The van der Waals surface area contributed by atoms with Gasteiger partial charge in [0.2, 0.25) is 5.91 Å². The Labute approximate surface area is 126 Å². The first-order valence-corrected chi connectivity index (χ1v) is 7.32. The quantitative estimate of drug-likeness (QED) is 0.269. The summed E-state index contributed by atoms with van der Waals surface area (Å²) in [5, 5.41) is 5.69. The van der Waals surface area contributed by atoms with Gasteiger partial charge < -0.3 is 25.8 Å². The van der Waals surface area contributed by atoms with E-state index in [-0.39, 0.29) is 12.5 Å². The summed E-state index contributed by atoms with van der Waals surface area (Å²) in [6.45, 7) is 6.38. The van der Waals surface area contributed by atoms with Crippen LogP contribution in [0.4, 0.5) is 0 Å². The highest BCUT2D eigenvalue weighted by atomic mass is 16.5. The van der Waals surface area contributed by atoms with Crippen molar-refractivity contribution in [2.24, 2.45) is 10.7 Å². The maximum absolute atomic E-state index is 11.4. The van der Waals surface area contributed by atoms with E-state index >= 15 is 0 Å². The third-order valence-corrected chi connectivity index (χ3v) is 3.08. The molecule has 0 aromatic rings. The molecule has 1 amide bonds. The van der Waals surface area contributed by atoms with Crippen LogP contribution >= 0.6 is 0 Å². The number of aliphatic imine (C=N–C) groups is 1. The first kappa shape index (κ1) is 17.7. The lowest BCUT2D eigenvalue weighted by atomic mass is 10.3. The Morgan fingerprint density at radius 1 is 1.33 bits per heavy atom. The molecule has 8 nitrogen and oxygen atoms in total. The summed E-state index contributed by atoms with van der Waals surface area (Å²) in [4.78, 5) is 17.7. The predicted octanol–water partition coefficient (Wildman–Crippen LogP) is -1.62. The van der Waals surface area contributed by atoms with Crippen molar-refractivity contribution < 1.29 is 14.3 Å². The number of hydrogen-bond acceptors (Lipinski definition) is 5. The van der Waals surface area contributed by atoms with Gasteiger partial charge >= 0.3 is 0 Å². The van der Waals surface area contributed by atoms with Gasteiger partial charge in [0.1, 0.15) is 6.54 Å². The van der Waals surface area contributed by atoms with Gasteiger partial charge in [-0.3, -0.25) is 9.69 Å². The maximum atomic E-state index is 11.4. The predicted molar refractivity (Wildman–Crippen MR) is 81.3 cm³/mol. The van der Waals surface area contributed by atoms with Crippen LogP contribution in [0.3, 0.4) is 0 Å². The van der Waals surface area contributed by atoms with Crippen molar-refractivity contribution in [1.29, 1.82) is 0 Å². The van der Waals surface area contributed by atoms with Crippen LogP contribution < -0.4 is 16.4 Å². The van der Waals surface area contributed by atoms with Crippen LogP contribution in [-0.4, -0.2) is 83.0 Å². The zero-order valence-electron chi connectivity index (χ0n) is 12.8. The van der Waals surface area contributed by atoms with Crippen LogP contribution in [0.25, 0.3) is 0 Å². The molecule has 1 saturated heterocycles. The second-order valence-electron chi connectivity index (χ2n) is 4.78. The van der Waals surface area contributed by atoms with E-state index < -0.39 is 0 Å². The Morgan fingerprint density at radius 3 is 2.81 bits per heavy atom. The van der Waals surface area contributed by atoms with Crippen molar-refractivity contribution in [3.63, 3.8) is 0 Å². The number of carbonyl (C=O) groups is 1. The summed E-state index contributed by atoms with van der Waals surface area (Å²) < 4.78 is 10.1. The molecule has 122 valence electrons. The van der Waals surface area contributed by atoms with Gasteiger partial charge in [0.15, 0.2) is 5.96 Å². The lowest BCUT2D eigenvalue weighted by Crippen LogP contribution is -2.39. The monoisotopic (exact) mass is 301 g/mol. The van der Waals surface area contributed by atoms with Crippen LogP contribution in [0.5, 0.6) is 0 Å². The van der Waals surface area contributed by atoms with E-state index in [4.69, 9.17) is 15.2 Å². The second-order valence-corrected chi connectivity index (χ2v) is 4.78. The van der Waals surface area contributed by atoms with Gasteiger partial charge in [0.05, 0.1) is 19.8 Å². The Bertz CT molecular complexity index is 319. The molecule has 0 saturated carbocycles. The standard InChI is InChI=1S/C13H27N5O3/c1-20-8-4-15-12(19)11-17-13(14)16-3-2-5-18-6-9-21-10-7-18/h2-11H2,1H3,(H,15,19)(H3,14,16,17). The van der Waals surface area contributed by atoms with Crippen molar-refractivity contribution in [2.75, 3.05) is 66.2 Å². The number of rotatable bonds is 9. The van der Waals surface area contributed by atoms with E-state index in [1.165, 1.54) is 0 Å². The minimum absolute atomic E-state index is 0.0337. The number of methoxy groups -OCH3 is 1. The van der Waals surface area contributed by atoms with Gasteiger partial charge in [-0.2, -0.15) is 0 Å². The number of amides is 1. The molecule has 1 rings (SSSR count). The van der Waals surface area contributed by atoms with Crippen molar-refractivity contribution in [3.8, 4) is 0 Å². The molecular formula is C13H27N5O3. The van der Waals surface area contributed by atoms with E-state index in [0.29, 0.717) is 19.1 Å². The normalized spacial score (nSPS) is 16.7. The molecule has 0 atom stereocenters. The van der Waals surface area contributed by atoms with Crippen molar-refractivity contribution in [1.82, 2.24) is 15.5 Å². The van der Waals surface area contributed by atoms with Crippen LogP contribution in [0.1, 0.15) is 6.42 Å². The number of ether oxygens (including phenoxy) is 2. The molecule has 0 aromatic carbocycles. The van der Waals surface area contributed by atoms with Gasteiger partial charge in [-0.1, -0.05) is 0 Å². The van der Waals surface area contributed by atoms with Gasteiger partial charge in [-0.15, -0.1) is 0 Å². The number of morpholine rings is 1. The summed E-state index contributed by atoms with van der Waals surface area (Å²) in [6.07, 6.45) is 0.982. The molecule has 0 aromatic heterocycles. The molecule has 0 bridgehead atoms. The molecule has 1 fully saturated rings. The smallest absolute Gasteiger partial charge is 0.241 e. The van der Waals surface area contributed by atoms with Gasteiger partial charge in [0.25, 0.3) is 0 Å². The summed E-state index contributed by atoms with van der Waals surface area (Å²) in [7, 11) is 1.59. The first-order chi connectivity index (χ1) is 10.2. The topological polar surface area (TPSA) is 101 Å². The second kappa shape index (κ2) is 11.3.